The van der Waals surface area contributed by atoms with Gasteiger partial charge in [0.1, 0.15) is 17.9 Å². The maximum absolute atomic E-state index is 14.4. The van der Waals surface area contributed by atoms with Crippen molar-refractivity contribution in [2.75, 3.05) is 11.9 Å². The van der Waals surface area contributed by atoms with Crippen molar-refractivity contribution in [2.45, 2.75) is 57.3 Å². The Morgan fingerprint density at radius 3 is 2.94 bits per heavy atom. The number of halogens is 3. The van der Waals surface area contributed by atoms with Crippen molar-refractivity contribution in [3.05, 3.63) is 30.2 Å². The fraction of sp³-hybridized carbons (Fsp3) is 0.500. The lowest BCUT2D eigenvalue weighted by Crippen LogP contribution is -2.35. The van der Waals surface area contributed by atoms with Crippen molar-refractivity contribution in [2.24, 2.45) is 0 Å². The number of carbonyl (C=O) groups is 1. The number of alkyl halides is 3. The minimum absolute atomic E-state index is 0.0431. The Balaban J connectivity index is 1.42. The van der Waals surface area contributed by atoms with Gasteiger partial charge >= 0.3 is 6.09 Å². The molecule has 1 amide bonds. The number of carbonyl (C=O) groups excluding carboxylic acids is 1. The summed E-state index contributed by atoms with van der Waals surface area (Å²) in [6, 6.07) is 3.22. The molecule has 3 atom stereocenters. The van der Waals surface area contributed by atoms with Crippen LogP contribution < -0.4 is 15.4 Å². The number of nitrogens with zero attached hydrogens (tertiary/aromatic N) is 4. The fourth-order valence-electron chi connectivity index (χ4n) is 3.66. The van der Waals surface area contributed by atoms with Crippen molar-refractivity contribution < 1.29 is 27.4 Å². The van der Waals surface area contributed by atoms with Crippen LogP contribution in [0.1, 0.15) is 38.3 Å². The molecule has 3 aromatic rings. The summed E-state index contributed by atoms with van der Waals surface area (Å²) in [6.45, 7) is 2.83. The minimum atomic E-state index is -2.61. The average Bonchev–Trinajstić information content (AvgIpc) is 3.45. The van der Waals surface area contributed by atoms with Gasteiger partial charge in [-0.2, -0.15) is 10.1 Å². The molecule has 0 saturated heterocycles. The summed E-state index contributed by atoms with van der Waals surface area (Å²) in [4.78, 5) is 20.1. The lowest BCUT2D eigenvalue weighted by atomic mass is 10.0. The largest absolute Gasteiger partial charge is 0.470 e. The van der Waals surface area contributed by atoms with Gasteiger partial charge < -0.3 is 20.1 Å². The molecule has 1 fully saturated rings. The van der Waals surface area contributed by atoms with E-state index in [9.17, 15) is 18.0 Å². The average molecular weight is 467 g/mol. The zero-order valence-corrected chi connectivity index (χ0v) is 18.0. The van der Waals surface area contributed by atoms with Gasteiger partial charge in [-0.05, 0) is 32.8 Å². The van der Waals surface area contributed by atoms with Crippen molar-refractivity contribution in [3.63, 3.8) is 0 Å². The summed E-state index contributed by atoms with van der Waals surface area (Å²) >= 11 is 0. The molecule has 4 rings (SSSR count). The Labute approximate surface area is 186 Å². The van der Waals surface area contributed by atoms with E-state index in [0.29, 0.717) is 29.5 Å². The number of amides is 1. The third-order valence-corrected chi connectivity index (χ3v) is 5.09. The Kier molecular flexibility index (Phi) is 6.56. The number of aromatic amines is 1. The highest BCUT2D eigenvalue weighted by atomic mass is 19.3. The first-order valence-electron chi connectivity index (χ1n) is 10.5. The number of aromatic nitrogens is 5. The van der Waals surface area contributed by atoms with Crippen LogP contribution in [0.15, 0.2) is 24.5 Å². The summed E-state index contributed by atoms with van der Waals surface area (Å²) in [5.74, 6) is 0.602. The summed E-state index contributed by atoms with van der Waals surface area (Å²) in [5.41, 5.74) is 1.14. The van der Waals surface area contributed by atoms with E-state index < -0.39 is 31.4 Å². The van der Waals surface area contributed by atoms with Gasteiger partial charge in [0.05, 0.1) is 6.20 Å². The fourth-order valence-corrected chi connectivity index (χ4v) is 3.66. The number of rotatable bonds is 8. The van der Waals surface area contributed by atoms with Gasteiger partial charge in [-0.3, -0.25) is 9.50 Å². The summed E-state index contributed by atoms with van der Waals surface area (Å²) < 4.78 is 50.9. The molecular formula is C20H24F3N7O3. The second-order valence-electron chi connectivity index (χ2n) is 8.04. The molecule has 3 heterocycles. The first-order valence-corrected chi connectivity index (χ1v) is 10.5. The standard InChI is InChI=1S/C20H24F3N7O3/c1-10(2)25-20(31)33-14-6-11(5-12(14)21)13-7-16(29-28-13)26-19-24-4-3-17-27-18(8-30(17)19)32-9-15(22)23/h3-4,7-8,10-12,14-15H,5-6,9H2,1-2H3,(H,25,31)(H2,24,26,28,29)/t11-,12+,14-/m0/s1. The number of imidazole rings is 1. The van der Waals surface area contributed by atoms with E-state index in [0.717, 1.165) is 0 Å². The first kappa shape index (κ1) is 22.7. The smallest absolute Gasteiger partial charge is 0.407 e. The van der Waals surface area contributed by atoms with Crippen molar-refractivity contribution >= 4 is 23.5 Å². The number of anilines is 2. The number of ether oxygens (including phenoxy) is 2. The topological polar surface area (TPSA) is 118 Å². The highest BCUT2D eigenvalue weighted by Crippen LogP contribution is 2.38. The van der Waals surface area contributed by atoms with Crippen LogP contribution in [-0.2, 0) is 4.74 Å². The molecule has 178 valence electrons. The number of hydrogen-bond donors (Lipinski definition) is 3. The Bertz CT molecular complexity index is 1100. The van der Waals surface area contributed by atoms with E-state index in [-0.39, 0.29) is 24.3 Å². The van der Waals surface area contributed by atoms with Crippen LogP contribution in [0.4, 0.5) is 29.7 Å². The van der Waals surface area contributed by atoms with Crippen LogP contribution >= 0.6 is 0 Å². The number of alkyl carbamates (subject to hydrolysis) is 1. The Morgan fingerprint density at radius 2 is 2.18 bits per heavy atom. The van der Waals surface area contributed by atoms with Gasteiger partial charge in [-0.1, -0.05) is 0 Å². The summed E-state index contributed by atoms with van der Waals surface area (Å²) in [6.07, 6.45) is -1.89. The molecule has 0 aliphatic heterocycles. The van der Waals surface area contributed by atoms with Gasteiger partial charge in [-0.25, -0.2) is 22.9 Å². The van der Waals surface area contributed by atoms with Crippen LogP contribution in [0.25, 0.3) is 5.65 Å². The monoisotopic (exact) mass is 467 g/mol. The number of fused-ring (bicyclic) bond motifs is 1. The number of H-pyrrole nitrogens is 1. The molecule has 0 spiro atoms. The summed E-state index contributed by atoms with van der Waals surface area (Å²) in [5, 5.41) is 12.7. The Hall–Kier alpha value is -3.51. The van der Waals surface area contributed by atoms with Gasteiger partial charge in [-0.15, -0.1) is 0 Å². The van der Waals surface area contributed by atoms with Crippen molar-refractivity contribution in [1.29, 1.82) is 0 Å². The molecule has 3 N–H and O–H groups in total. The number of hydrogen-bond acceptors (Lipinski definition) is 7. The van der Waals surface area contributed by atoms with Crippen molar-refractivity contribution in [3.8, 4) is 5.88 Å². The molecule has 10 nitrogen and oxygen atoms in total. The SMILES string of the molecule is CC(C)NC(=O)O[C@H]1C[C@@H](c2cc(Nc3nccc4nc(OCC(F)F)cn34)n[nH]2)C[C@H]1F. The number of nitrogens with one attached hydrogen (secondary N) is 3. The molecule has 0 radical (unpaired) electrons. The predicted molar refractivity (Wildman–Crippen MR) is 112 cm³/mol. The van der Waals surface area contributed by atoms with E-state index in [1.807, 2.05) is 0 Å². The molecule has 33 heavy (non-hydrogen) atoms. The van der Waals surface area contributed by atoms with Crippen LogP contribution in [0.5, 0.6) is 5.88 Å². The zero-order chi connectivity index (χ0) is 23.5. The molecule has 0 aromatic carbocycles. The van der Waals surface area contributed by atoms with Crippen LogP contribution in [-0.4, -0.2) is 62.0 Å². The molecular weight excluding hydrogens is 443 g/mol. The van der Waals surface area contributed by atoms with Crippen LogP contribution in [0.3, 0.4) is 0 Å². The van der Waals surface area contributed by atoms with E-state index in [2.05, 4.69) is 30.8 Å². The first-order chi connectivity index (χ1) is 15.8. The zero-order valence-electron chi connectivity index (χ0n) is 18.0. The van der Waals surface area contributed by atoms with Crippen LogP contribution in [0.2, 0.25) is 0 Å². The molecule has 3 aromatic heterocycles. The van der Waals surface area contributed by atoms with Gasteiger partial charge in [0.2, 0.25) is 11.8 Å². The molecule has 0 unspecified atom stereocenters. The highest BCUT2D eigenvalue weighted by Gasteiger charge is 2.38. The quantitative estimate of drug-likeness (QED) is 0.464. The third-order valence-electron chi connectivity index (χ3n) is 5.09. The normalized spacial score (nSPS) is 20.5. The lowest BCUT2D eigenvalue weighted by Gasteiger charge is -2.16. The maximum Gasteiger partial charge on any atom is 0.407 e. The molecule has 1 aliphatic rings. The van der Waals surface area contributed by atoms with E-state index in [4.69, 9.17) is 9.47 Å². The van der Waals surface area contributed by atoms with Crippen LogP contribution in [0, 0.1) is 0 Å². The lowest BCUT2D eigenvalue weighted by molar-refractivity contribution is 0.0593. The summed E-state index contributed by atoms with van der Waals surface area (Å²) in [7, 11) is 0. The minimum Gasteiger partial charge on any atom is -0.470 e. The van der Waals surface area contributed by atoms with E-state index in [1.54, 1.807) is 30.4 Å². The van der Waals surface area contributed by atoms with E-state index >= 15 is 0 Å². The van der Waals surface area contributed by atoms with Gasteiger partial charge in [0.15, 0.2) is 12.4 Å². The second kappa shape index (κ2) is 9.55. The van der Waals surface area contributed by atoms with Gasteiger partial charge in [0, 0.05) is 29.9 Å². The van der Waals surface area contributed by atoms with Gasteiger partial charge in [0.25, 0.3) is 6.43 Å². The third kappa shape index (κ3) is 5.46. The molecule has 13 heteroatoms. The van der Waals surface area contributed by atoms with E-state index in [1.165, 1.54) is 12.4 Å². The molecule has 1 aliphatic carbocycles. The van der Waals surface area contributed by atoms with Crippen molar-refractivity contribution in [1.82, 2.24) is 29.9 Å². The maximum atomic E-state index is 14.4. The Morgan fingerprint density at radius 1 is 1.36 bits per heavy atom. The molecule has 0 bridgehead atoms. The predicted octanol–water partition coefficient (Wildman–Crippen LogP) is 3.56. The molecule has 1 saturated carbocycles. The second-order valence-corrected chi connectivity index (χ2v) is 8.04. The highest BCUT2D eigenvalue weighted by molar-refractivity contribution is 5.67.